The standard InChI is InChI=1S/C19H17FN6O5S/c1-11(12-3-5-13(20)6-4-12)21-17(27)10-31-18(28)15-9-14(26(29)30)7-8-16(15)32-19-22-23-24-25(19)2/h3-9,11H,10H2,1-2H3,(H,21,27)/t11-/m0/s1. The summed E-state index contributed by atoms with van der Waals surface area (Å²) in [6.45, 7) is 1.08. The zero-order chi connectivity index (χ0) is 23.3. The summed E-state index contributed by atoms with van der Waals surface area (Å²) >= 11 is 1.01. The first kappa shape index (κ1) is 22.8. The predicted molar refractivity (Wildman–Crippen MR) is 109 cm³/mol. The average Bonchev–Trinajstić information content (AvgIpc) is 3.17. The Morgan fingerprint density at radius 2 is 2.00 bits per heavy atom. The quantitative estimate of drug-likeness (QED) is 0.305. The Morgan fingerprint density at radius 1 is 1.28 bits per heavy atom. The molecular weight excluding hydrogens is 443 g/mol. The Morgan fingerprint density at radius 3 is 2.62 bits per heavy atom. The molecule has 3 aromatic rings. The highest BCUT2D eigenvalue weighted by Gasteiger charge is 2.21. The number of amides is 1. The number of tetrazole rings is 1. The predicted octanol–water partition coefficient (Wildman–Crippen LogP) is 2.44. The van der Waals surface area contributed by atoms with Crippen LogP contribution in [0.1, 0.15) is 28.9 Å². The third kappa shape index (κ3) is 5.63. The molecule has 1 heterocycles. The molecule has 166 valence electrons. The van der Waals surface area contributed by atoms with E-state index < -0.39 is 35.3 Å². The van der Waals surface area contributed by atoms with E-state index in [0.717, 1.165) is 17.8 Å². The van der Waals surface area contributed by atoms with Crippen molar-refractivity contribution in [2.45, 2.75) is 23.0 Å². The summed E-state index contributed by atoms with van der Waals surface area (Å²) < 4.78 is 19.5. The molecule has 0 radical (unpaired) electrons. The molecule has 0 bridgehead atoms. The second-order valence-corrected chi connectivity index (χ2v) is 7.55. The number of esters is 1. The molecule has 0 aliphatic carbocycles. The van der Waals surface area contributed by atoms with Crippen molar-refractivity contribution in [1.82, 2.24) is 25.5 Å². The van der Waals surface area contributed by atoms with Crippen LogP contribution < -0.4 is 5.32 Å². The maximum Gasteiger partial charge on any atom is 0.340 e. The second kappa shape index (κ2) is 9.96. The third-order valence-corrected chi connectivity index (χ3v) is 5.36. The number of aromatic nitrogens is 4. The Kier molecular flexibility index (Phi) is 7.10. The third-order valence-electron chi connectivity index (χ3n) is 4.26. The topological polar surface area (TPSA) is 142 Å². The number of carbonyl (C=O) groups excluding carboxylic acids is 2. The van der Waals surface area contributed by atoms with E-state index in [1.54, 1.807) is 14.0 Å². The molecule has 2 aromatic carbocycles. The summed E-state index contributed by atoms with van der Waals surface area (Å²) in [5.41, 5.74) is 0.249. The SMILES string of the molecule is C[C@H](NC(=O)COC(=O)c1cc([N+](=O)[O-])ccc1Sc1nnnn1C)c1ccc(F)cc1. The Hall–Kier alpha value is -3.87. The van der Waals surface area contributed by atoms with Gasteiger partial charge in [-0.2, -0.15) is 0 Å². The highest BCUT2D eigenvalue weighted by molar-refractivity contribution is 7.99. The largest absolute Gasteiger partial charge is 0.452 e. The summed E-state index contributed by atoms with van der Waals surface area (Å²) in [4.78, 5) is 35.6. The van der Waals surface area contributed by atoms with E-state index in [9.17, 15) is 24.1 Å². The molecule has 11 nitrogen and oxygen atoms in total. The van der Waals surface area contributed by atoms with E-state index in [2.05, 4.69) is 20.8 Å². The van der Waals surface area contributed by atoms with Crippen LogP contribution in [0.25, 0.3) is 0 Å². The van der Waals surface area contributed by atoms with E-state index in [1.165, 1.54) is 41.1 Å². The molecule has 0 aliphatic heterocycles. The number of benzene rings is 2. The molecule has 13 heteroatoms. The minimum atomic E-state index is -0.920. The van der Waals surface area contributed by atoms with Crippen LogP contribution in [0.3, 0.4) is 0 Å². The van der Waals surface area contributed by atoms with E-state index in [0.29, 0.717) is 15.6 Å². The number of halogens is 1. The Labute approximate surface area is 185 Å². The van der Waals surface area contributed by atoms with Crippen molar-refractivity contribution < 1.29 is 23.6 Å². The van der Waals surface area contributed by atoms with Crippen LogP contribution in [0, 0.1) is 15.9 Å². The lowest BCUT2D eigenvalue weighted by atomic mass is 10.1. The van der Waals surface area contributed by atoms with Crippen molar-refractivity contribution in [3.05, 3.63) is 69.5 Å². The summed E-state index contributed by atoms with van der Waals surface area (Å²) in [5.74, 6) is -1.91. The molecule has 0 unspecified atom stereocenters. The number of non-ortho nitro benzene ring substituents is 1. The number of hydrogen-bond acceptors (Lipinski definition) is 9. The number of carbonyl (C=O) groups is 2. The monoisotopic (exact) mass is 460 g/mol. The molecular formula is C19H17FN6O5S. The van der Waals surface area contributed by atoms with Crippen molar-refractivity contribution in [2.75, 3.05) is 6.61 Å². The van der Waals surface area contributed by atoms with Gasteiger partial charge < -0.3 is 10.1 Å². The fourth-order valence-electron chi connectivity index (χ4n) is 2.61. The van der Waals surface area contributed by atoms with Crippen LogP contribution in [0.5, 0.6) is 0 Å². The summed E-state index contributed by atoms with van der Waals surface area (Å²) in [7, 11) is 1.60. The van der Waals surface area contributed by atoms with Gasteiger partial charge in [0.15, 0.2) is 6.61 Å². The summed E-state index contributed by atoms with van der Waals surface area (Å²) in [5, 5.41) is 25.1. The first-order valence-electron chi connectivity index (χ1n) is 9.15. The van der Waals surface area contributed by atoms with Gasteiger partial charge in [0.1, 0.15) is 5.82 Å². The molecule has 0 fully saturated rings. The number of hydrogen-bond donors (Lipinski definition) is 1. The first-order chi connectivity index (χ1) is 15.2. The highest BCUT2D eigenvalue weighted by atomic mass is 32.2. The zero-order valence-electron chi connectivity index (χ0n) is 16.9. The van der Waals surface area contributed by atoms with E-state index in [1.807, 2.05) is 0 Å². The van der Waals surface area contributed by atoms with Crippen molar-refractivity contribution in [3.8, 4) is 0 Å². The number of rotatable bonds is 8. The van der Waals surface area contributed by atoms with Crippen LogP contribution in [0.15, 0.2) is 52.5 Å². The first-order valence-corrected chi connectivity index (χ1v) is 9.97. The number of nitrogens with zero attached hydrogens (tertiary/aromatic N) is 5. The molecule has 0 aliphatic rings. The highest BCUT2D eigenvalue weighted by Crippen LogP contribution is 2.31. The number of nitro benzene ring substituents is 1. The average molecular weight is 460 g/mol. The smallest absolute Gasteiger partial charge is 0.340 e. The van der Waals surface area contributed by atoms with Gasteiger partial charge in [0.05, 0.1) is 16.5 Å². The van der Waals surface area contributed by atoms with Crippen molar-refractivity contribution in [1.29, 1.82) is 0 Å². The van der Waals surface area contributed by atoms with E-state index >= 15 is 0 Å². The summed E-state index contributed by atoms with van der Waals surface area (Å²) in [6, 6.07) is 8.82. The number of nitro groups is 1. The van der Waals surface area contributed by atoms with Gasteiger partial charge in [-0.3, -0.25) is 14.9 Å². The minimum absolute atomic E-state index is 0.105. The second-order valence-electron chi connectivity index (χ2n) is 6.54. The normalized spacial score (nSPS) is 11.6. The van der Waals surface area contributed by atoms with Crippen LogP contribution in [0.2, 0.25) is 0 Å². The molecule has 1 aromatic heterocycles. The van der Waals surface area contributed by atoms with Gasteiger partial charge in [0, 0.05) is 24.1 Å². The fraction of sp³-hybridized carbons (Fsp3) is 0.211. The molecule has 32 heavy (non-hydrogen) atoms. The van der Waals surface area contributed by atoms with Crippen LogP contribution in [-0.4, -0.2) is 43.6 Å². The van der Waals surface area contributed by atoms with Gasteiger partial charge in [-0.1, -0.05) is 12.1 Å². The molecule has 0 saturated carbocycles. The Balaban J connectivity index is 1.69. The fourth-order valence-corrected chi connectivity index (χ4v) is 3.44. The minimum Gasteiger partial charge on any atom is -0.452 e. The Bertz CT molecular complexity index is 1150. The molecule has 1 amide bonds. The van der Waals surface area contributed by atoms with Crippen molar-refractivity contribution in [2.24, 2.45) is 7.05 Å². The lowest BCUT2D eigenvalue weighted by Crippen LogP contribution is -2.31. The van der Waals surface area contributed by atoms with E-state index in [-0.39, 0.29) is 11.3 Å². The van der Waals surface area contributed by atoms with Crippen molar-refractivity contribution in [3.63, 3.8) is 0 Å². The van der Waals surface area contributed by atoms with Gasteiger partial charge in [-0.25, -0.2) is 13.9 Å². The van der Waals surface area contributed by atoms with Crippen LogP contribution >= 0.6 is 11.8 Å². The number of nitrogens with one attached hydrogen (secondary N) is 1. The van der Waals surface area contributed by atoms with Crippen LogP contribution in [0.4, 0.5) is 10.1 Å². The van der Waals surface area contributed by atoms with Gasteiger partial charge in [0.25, 0.3) is 11.6 Å². The maximum atomic E-state index is 13.0. The van der Waals surface area contributed by atoms with Crippen LogP contribution in [-0.2, 0) is 16.6 Å². The van der Waals surface area contributed by atoms with Gasteiger partial charge in [0.2, 0.25) is 5.16 Å². The van der Waals surface area contributed by atoms with Crippen molar-refractivity contribution >= 4 is 29.3 Å². The lowest BCUT2D eigenvalue weighted by Gasteiger charge is -2.14. The zero-order valence-corrected chi connectivity index (χ0v) is 17.7. The summed E-state index contributed by atoms with van der Waals surface area (Å²) in [6.07, 6.45) is 0. The van der Waals surface area contributed by atoms with Gasteiger partial charge in [-0.15, -0.1) is 5.10 Å². The molecule has 1 N–H and O–H groups in total. The number of aryl methyl sites for hydroxylation is 1. The van der Waals surface area contributed by atoms with Gasteiger partial charge >= 0.3 is 5.97 Å². The number of ether oxygens (including phenoxy) is 1. The molecule has 0 spiro atoms. The van der Waals surface area contributed by atoms with E-state index in [4.69, 9.17) is 4.74 Å². The molecule has 1 atom stereocenters. The van der Waals surface area contributed by atoms with Gasteiger partial charge in [-0.05, 0) is 52.9 Å². The molecule has 3 rings (SSSR count). The maximum absolute atomic E-state index is 13.0. The lowest BCUT2D eigenvalue weighted by molar-refractivity contribution is -0.384. The molecule has 0 saturated heterocycles.